The molecule has 0 unspecified atom stereocenters. The Kier molecular flexibility index (Phi) is 9.19. The van der Waals surface area contributed by atoms with Gasteiger partial charge < -0.3 is 0 Å². The zero-order valence-corrected chi connectivity index (χ0v) is 16.6. The number of phenols is 1. The maximum Gasteiger partial charge on any atom is 1.00 e. The Labute approximate surface area is 159 Å². The predicted octanol–water partition coefficient (Wildman–Crippen LogP) is -3.60. The fourth-order valence-corrected chi connectivity index (χ4v) is 3.42. The third kappa shape index (κ3) is 5.85. The molecule has 0 spiro atoms. The maximum atomic E-state index is 11.3. The van der Waals surface area contributed by atoms with Crippen molar-refractivity contribution in [3.63, 3.8) is 0 Å². The van der Waals surface area contributed by atoms with E-state index in [1.54, 1.807) is 0 Å². The molecule has 1 rings (SSSR count). The third-order valence-electron chi connectivity index (χ3n) is 2.53. The van der Waals surface area contributed by atoms with Crippen molar-refractivity contribution in [1.29, 1.82) is 0 Å². The van der Waals surface area contributed by atoms with Gasteiger partial charge in [0.1, 0.15) is 0 Å². The molecule has 1 radical (unpaired) electrons. The van der Waals surface area contributed by atoms with Crippen LogP contribution >= 0.6 is 0 Å². The number of nitrogens with one attached hydrogen (secondary N) is 1. The van der Waals surface area contributed by atoms with E-state index in [0.29, 0.717) is 4.35 Å². The number of rotatable bonds is 6. The minimum atomic E-state index is -1.21. The Morgan fingerprint density at radius 3 is 2.18 bits per heavy atom. The Bertz CT molecular complexity index is 610. The van der Waals surface area contributed by atoms with Gasteiger partial charge in [0.15, 0.2) is 0 Å². The van der Waals surface area contributed by atoms with Crippen molar-refractivity contribution in [3.8, 4) is 5.75 Å². The molecule has 0 atom stereocenters. The van der Waals surface area contributed by atoms with Crippen molar-refractivity contribution in [2.75, 3.05) is 5.32 Å². The number of carboxylic acids is 2. The minimum Gasteiger partial charge on any atom is 1.00 e. The molecule has 0 bridgehead atoms. The summed E-state index contributed by atoms with van der Waals surface area (Å²) < 4.78 is 0.350. The minimum absolute atomic E-state index is 0. The largest absolute Gasteiger partial charge is 1.00 e. The summed E-state index contributed by atoms with van der Waals surface area (Å²) in [7, 11) is 4.94. The molecular formula is C12H12AsNNaO6S. The fourth-order valence-electron chi connectivity index (χ4n) is 1.80. The van der Waals surface area contributed by atoms with Crippen molar-refractivity contribution in [2.24, 2.45) is 0 Å². The molecular weight excluding hydrogens is 384 g/mol. The monoisotopic (exact) mass is 396 g/mol. The molecule has 4 N–H and O–H groups in total. The summed E-state index contributed by atoms with van der Waals surface area (Å²) in [6.07, 6.45) is -0.954. The standard InChI is InChI=1S/C12H12AsNO6S.Na/c1-5(15)14-11-6(3-9(16)17)2-8(13-21)12(20)7(11)4-10(18)19;/h2,20H,3-4H2,1H3,(H,14,15)(H,16,17)(H,18,19);/q-1;+1. The van der Waals surface area contributed by atoms with Crippen LogP contribution in [0.3, 0.4) is 0 Å². The molecule has 0 aliphatic rings. The van der Waals surface area contributed by atoms with Crippen LogP contribution in [0, 0.1) is 0 Å². The number of carbonyl (C=O) groups is 3. The van der Waals surface area contributed by atoms with E-state index in [2.05, 4.69) is 5.32 Å². The van der Waals surface area contributed by atoms with Gasteiger partial charge in [-0.3, -0.25) is 0 Å². The molecule has 0 fully saturated rings. The van der Waals surface area contributed by atoms with E-state index < -0.39 is 45.3 Å². The molecule has 0 aliphatic heterocycles. The van der Waals surface area contributed by atoms with Crippen molar-refractivity contribution in [1.82, 2.24) is 0 Å². The normalized spacial score (nSPS) is 10.3. The Morgan fingerprint density at radius 2 is 1.77 bits per heavy atom. The summed E-state index contributed by atoms with van der Waals surface area (Å²) in [4.78, 5) is 33.1. The van der Waals surface area contributed by atoms with Gasteiger partial charge in [-0.25, -0.2) is 0 Å². The van der Waals surface area contributed by atoms with E-state index in [4.69, 9.17) is 21.1 Å². The number of aromatic hydroxyl groups is 1. The van der Waals surface area contributed by atoms with Gasteiger partial charge in [-0.2, -0.15) is 0 Å². The average molecular weight is 396 g/mol. The summed E-state index contributed by atoms with van der Waals surface area (Å²) >= 11 is -0.851. The first-order valence-corrected chi connectivity index (χ1v) is 9.28. The number of amides is 1. The number of phenolic OH excluding ortho intramolecular Hbond substituents is 1. The summed E-state index contributed by atoms with van der Waals surface area (Å²) in [5.74, 6) is -3.13. The number of benzene rings is 1. The van der Waals surface area contributed by atoms with Crippen LogP contribution in [0.1, 0.15) is 18.1 Å². The summed E-state index contributed by atoms with van der Waals surface area (Å²) in [5.41, 5.74) is 0.228. The summed E-state index contributed by atoms with van der Waals surface area (Å²) in [5, 5.41) is 30.3. The van der Waals surface area contributed by atoms with E-state index in [1.807, 2.05) is 0 Å². The molecule has 7 nitrogen and oxygen atoms in total. The second-order valence-electron chi connectivity index (χ2n) is 4.17. The second-order valence-corrected chi connectivity index (χ2v) is 6.51. The topological polar surface area (TPSA) is 124 Å². The summed E-state index contributed by atoms with van der Waals surface area (Å²) in [6, 6.07) is 1.41. The van der Waals surface area contributed by atoms with Gasteiger partial charge in [-0.05, 0) is 0 Å². The first-order valence-electron chi connectivity index (χ1n) is 5.68. The SMILES string of the molecule is CC(=O)Nc1c(CC(=O)O)cc([As][S-])c(O)c1CC(=O)O.[Na+]. The number of anilines is 1. The van der Waals surface area contributed by atoms with E-state index in [1.165, 1.54) is 13.0 Å². The van der Waals surface area contributed by atoms with Gasteiger partial charge in [-0.1, -0.05) is 0 Å². The molecule has 1 aromatic carbocycles. The van der Waals surface area contributed by atoms with Crippen LogP contribution in [0.5, 0.6) is 5.75 Å². The maximum absolute atomic E-state index is 11.3. The van der Waals surface area contributed by atoms with Crippen LogP contribution in [0.25, 0.3) is 0 Å². The smallest absolute Gasteiger partial charge is 1.00 e. The van der Waals surface area contributed by atoms with E-state index in [0.717, 1.165) is 0 Å². The first kappa shape index (κ1) is 21.3. The van der Waals surface area contributed by atoms with Crippen molar-refractivity contribution < 1.29 is 59.3 Å². The Morgan fingerprint density at radius 1 is 1.23 bits per heavy atom. The van der Waals surface area contributed by atoms with Gasteiger partial charge in [0.25, 0.3) is 0 Å². The van der Waals surface area contributed by atoms with Crippen molar-refractivity contribution in [2.45, 2.75) is 19.8 Å². The van der Waals surface area contributed by atoms with Crippen LogP contribution in [-0.4, -0.2) is 47.8 Å². The number of hydrogen-bond acceptors (Lipinski definition) is 5. The molecule has 0 aromatic heterocycles. The predicted molar refractivity (Wildman–Crippen MR) is 77.8 cm³/mol. The molecule has 113 valence electrons. The molecule has 0 saturated carbocycles. The number of carbonyl (C=O) groups excluding carboxylic acids is 1. The van der Waals surface area contributed by atoms with E-state index in [-0.39, 0.29) is 52.1 Å². The van der Waals surface area contributed by atoms with Crippen LogP contribution in [-0.2, 0) is 38.1 Å². The zero-order chi connectivity index (χ0) is 16.2. The van der Waals surface area contributed by atoms with Crippen molar-refractivity contribution >= 4 is 53.4 Å². The van der Waals surface area contributed by atoms with Crippen LogP contribution < -0.4 is 39.2 Å². The molecule has 10 heteroatoms. The van der Waals surface area contributed by atoms with Gasteiger partial charge in [0, 0.05) is 0 Å². The molecule has 1 aromatic rings. The number of aliphatic carboxylic acids is 2. The van der Waals surface area contributed by atoms with Gasteiger partial charge in [0.2, 0.25) is 0 Å². The molecule has 0 saturated heterocycles. The van der Waals surface area contributed by atoms with Crippen LogP contribution in [0.2, 0.25) is 0 Å². The van der Waals surface area contributed by atoms with Gasteiger partial charge in [0.05, 0.1) is 0 Å². The average Bonchev–Trinajstić information content (AvgIpc) is 2.35. The summed E-state index contributed by atoms with van der Waals surface area (Å²) in [6.45, 7) is 1.21. The Hall–Kier alpha value is -0.662. The Balaban J connectivity index is 0.00000441. The molecule has 0 aliphatic carbocycles. The molecule has 0 heterocycles. The quantitative estimate of drug-likeness (QED) is 0.289. The first-order chi connectivity index (χ1) is 9.76. The van der Waals surface area contributed by atoms with E-state index >= 15 is 0 Å². The van der Waals surface area contributed by atoms with E-state index in [9.17, 15) is 19.5 Å². The van der Waals surface area contributed by atoms with Crippen molar-refractivity contribution in [3.05, 3.63) is 17.2 Å². The van der Waals surface area contributed by atoms with Gasteiger partial charge in [-0.15, -0.1) is 0 Å². The zero-order valence-electron chi connectivity index (χ0n) is 11.9. The van der Waals surface area contributed by atoms with Crippen LogP contribution in [0.4, 0.5) is 5.69 Å². The number of hydrogen-bond donors (Lipinski definition) is 4. The third-order valence-corrected chi connectivity index (χ3v) is 4.68. The van der Waals surface area contributed by atoms with Gasteiger partial charge >= 0.3 is 161 Å². The fraction of sp³-hybridized carbons (Fsp3) is 0.250. The number of carboxylic acid groups (broad SMARTS) is 2. The molecule has 1 amide bonds. The molecule has 22 heavy (non-hydrogen) atoms. The van der Waals surface area contributed by atoms with Crippen LogP contribution in [0.15, 0.2) is 6.07 Å². The second kappa shape index (κ2) is 9.47.